The summed E-state index contributed by atoms with van der Waals surface area (Å²) >= 11 is 0. The van der Waals surface area contributed by atoms with E-state index in [0.29, 0.717) is 5.88 Å². The summed E-state index contributed by atoms with van der Waals surface area (Å²) in [4.78, 5) is 4.44. The van der Waals surface area contributed by atoms with Crippen molar-refractivity contribution in [3.05, 3.63) is 47.5 Å². The lowest BCUT2D eigenvalue weighted by atomic mass is 10.1. The summed E-state index contributed by atoms with van der Waals surface area (Å²) in [6.45, 7) is 7.16. The molecule has 100 valence electrons. The van der Waals surface area contributed by atoms with Crippen molar-refractivity contribution in [3.63, 3.8) is 0 Å². The number of aromatic nitrogens is 1. The van der Waals surface area contributed by atoms with E-state index in [4.69, 9.17) is 4.74 Å². The smallest absolute Gasteiger partial charge is 0.221 e. The van der Waals surface area contributed by atoms with Crippen LogP contribution in [0.25, 0.3) is 0 Å². The number of nitrogens with one attached hydrogen (secondary N) is 1. The van der Waals surface area contributed by atoms with Crippen molar-refractivity contribution < 1.29 is 4.74 Å². The van der Waals surface area contributed by atoms with E-state index in [2.05, 4.69) is 30.2 Å². The molecule has 0 fully saturated rings. The van der Waals surface area contributed by atoms with Crippen LogP contribution in [0.5, 0.6) is 11.6 Å². The van der Waals surface area contributed by atoms with Crippen LogP contribution >= 0.6 is 0 Å². The molecule has 0 saturated heterocycles. The first-order chi connectivity index (χ1) is 9.19. The van der Waals surface area contributed by atoms with Crippen LogP contribution in [0.1, 0.15) is 24.5 Å². The van der Waals surface area contributed by atoms with Crippen LogP contribution in [0.3, 0.4) is 0 Å². The maximum absolute atomic E-state index is 5.83. The Balaban J connectivity index is 2.14. The van der Waals surface area contributed by atoms with Crippen molar-refractivity contribution in [3.8, 4) is 11.6 Å². The highest BCUT2D eigenvalue weighted by atomic mass is 16.5. The zero-order valence-electron chi connectivity index (χ0n) is 11.7. The normalized spacial score (nSPS) is 10.3. The lowest BCUT2D eigenvalue weighted by Crippen LogP contribution is -2.02. The van der Waals surface area contributed by atoms with Gasteiger partial charge in [0.1, 0.15) is 11.6 Å². The van der Waals surface area contributed by atoms with Crippen molar-refractivity contribution in [2.24, 2.45) is 0 Å². The molecule has 0 aliphatic carbocycles. The van der Waals surface area contributed by atoms with E-state index >= 15 is 0 Å². The van der Waals surface area contributed by atoms with Crippen molar-refractivity contribution in [2.75, 3.05) is 11.9 Å². The average molecular weight is 256 g/mol. The standard InChI is InChI=1S/C16H20N2O/c1-4-10-17-15-6-5-7-16(18-15)19-14-9-8-12(2)11-13(14)3/h5-9,11H,4,10H2,1-3H3,(H,17,18). The van der Waals surface area contributed by atoms with E-state index in [9.17, 15) is 0 Å². The number of rotatable bonds is 5. The van der Waals surface area contributed by atoms with Crippen molar-refractivity contribution in [1.82, 2.24) is 4.98 Å². The third-order valence-electron chi connectivity index (χ3n) is 2.82. The molecular weight excluding hydrogens is 236 g/mol. The molecule has 0 unspecified atom stereocenters. The predicted molar refractivity (Wildman–Crippen MR) is 79.0 cm³/mol. The minimum atomic E-state index is 0.619. The number of pyridine rings is 1. The molecule has 1 N–H and O–H groups in total. The van der Waals surface area contributed by atoms with Crippen LogP contribution < -0.4 is 10.1 Å². The monoisotopic (exact) mass is 256 g/mol. The lowest BCUT2D eigenvalue weighted by Gasteiger charge is -2.10. The average Bonchev–Trinajstić information content (AvgIpc) is 2.40. The predicted octanol–water partition coefficient (Wildman–Crippen LogP) is 4.31. The number of aryl methyl sites for hydroxylation is 2. The van der Waals surface area contributed by atoms with Crippen molar-refractivity contribution >= 4 is 5.82 Å². The Labute approximate surface area is 114 Å². The van der Waals surface area contributed by atoms with Gasteiger partial charge in [-0.3, -0.25) is 0 Å². The topological polar surface area (TPSA) is 34.1 Å². The summed E-state index contributed by atoms with van der Waals surface area (Å²) in [6.07, 6.45) is 1.07. The van der Waals surface area contributed by atoms with E-state index in [-0.39, 0.29) is 0 Å². The molecule has 0 spiro atoms. The van der Waals surface area contributed by atoms with Gasteiger partial charge in [0.05, 0.1) is 0 Å². The third-order valence-corrected chi connectivity index (χ3v) is 2.82. The molecule has 1 aromatic carbocycles. The first kappa shape index (κ1) is 13.4. The van der Waals surface area contributed by atoms with Gasteiger partial charge in [-0.2, -0.15) is 4.98 Å². The Hall–Kier alpha value is -2.03. The second-order valence-electron chi connectivity index (χ2n) is 4.66. The van der Waals surface area contributed by atoms with Crippen molar-refractivity contribution in [1.29, 1.82) is 0 Å². The van der Waals surface area contributed by atoms with Gasteiger partial charge in [-0.05, 0) is 38.0 Å². The van der Waals surface area contributed by atoms with Gasteiger partial charge in [-0.25, -0.2) is 0 Å². The Bertz CT molecular complexity index is 552. The van der Waals surface area contributed by atoms with Gasteiger partial charge in [-0.1, -0.05) is 30.7 Å². The van der Waals surface area contributed by atoms with Gasteiger partial charge in [0, 0.05) is 12.6 Å². The SMILES string of the molecule is CCCNc1cccc(Oc2ccc(C)cc2C)n1. The second-order valence-corrected chi connectivity index (χ2v) is 4.66. The number of benzene rings is 1. The molecule has 3 heteroatoms. The molecule has 2 aromatic rings. The quantitative estimate of drug-likeness (QED) is 0.865. The zero-order valence-corrected chi connectivity index (χ0v) is 11.7. The number of hydrogen-bond donors (Lipinski definition) is 1. The molecule has 19 heavy (non-hydrogen) atoms. The minimum absolute atomic E-state index is 0.619. The first-order valence-corrected chi connectivity index (χ1v) is 6.65. The fourth-order valence-electron chi connectivity index (χ4n) is 1.85. The number of nitrogens with zero attached hydrogens (tertiary/aromatic N) is 1. The van der Waals surface area contributed by atoms with E-state index < -0.39 is 0 Å². The van der Waals surface area contributed by atoms with Gasteiger partial charge in [0.15, 0.2) is 0 Å². The largest absolute Gasteiger partial charge is 0.439 e. The number of ether oxygens (including phenoxy) is 1. The van der Waals surface area contributed by atoms with E-state index in [1.165, 1.54) is 5.56 Å². The first-order valence-electron chi connectivity index (χ1n) is 6.65. The number of anilines is 1. The molecule has 1 heterocycles. The van der Waals surface area contributed by atoms with Crippen LogP contribution in [0.2, 0.25) is 0 Å². The molecule has 0 saturated carbocycles. The molecule has 1 aromatic heterocycles. The Morgan fingerprint density at radius 1 is 1.16 bits per heavy atom. The highest BCUT2D eigenvalue weighted by Crippen LogP contribution is 2.25. The fourth-order valence-corrected chi connectivity index (χ4v) is 1.85. The fraction of sp³-hybridized carbons (Fsp3) is 0.312. The van der Waals surface area contributed by atoms with Gasteiger partial charge >= 0.3 is 0 Å². The van der Waals surface area contributed by atoms with Crippen molar-refractivity contribution in [2.45, 2.75) is 27.2 Å². The molecule has 0 amide bonds. The molecule has 0 bridgehead atoms. The number of hydrogen-bond acceptors (Lipinski definition) is 3. The molecule has 3 nitrogen and oxygen atoms in total. The molecule has 0 aliphatic rings. The maximum Gasteiger partial charge on any atom is 0.221 e. The molecular formula is C16H20N2O. The highest BCUT2D eigenvalue weighted by Gasteiger charge is 2.03. The second kappa shape index (κ2) is 6.23. The van der Waals surface area contributed by atoms with Gasteiger partial charge in [-0.15, -0.1) is 0 Å². The van der Waals surface area contributed by atoms with Gasteiger partial charge < -0.3 is 10.1 Å². The summed E-state index contributed by atoms with van der Waals surface area (Å²) < 4.78 is 5.83. The molecule has 0 aliphatic heterocycles. The zero-order chi connectivity index (χ0) is 13.7. The maximum atomic E-state index is 5.83. The summed E-state index contributed by atoms with van der Waals surface area (Å²) in [5, 5.41) is 3.25. The van der Waals surface area contributed by atoms with E-state index in [0.717, 1.165) is 30.1 Å². The third kappa shape index (κ3) is 3.71. The Morgan fingerprint density at radius 2 is 2.00 bits per heavy atom. The van der Waals surface area contributed by atoms with E-state index in [1.54, 1.807) is 0 Å². The van der Waals surface area contributed by atoms with Crippen LogP contribution in [0.15, 0.2) is 36.4 Å². The summed E-state index contributed by atoms with van der Waals surface area (Å²) in [5.41, 5.74) is 2.35. The summed E-state index contributed by atoms with van der Waals surface area (Å²) in [7, 11) is 0. The molecule has 0 atom stereocenters. The summed E-state index contributed by atoms with van der Waals surface area (Å²) in [5.74, 6) is 2.32. The highest BCUT2D eigenvalue weighted by molar-refractivity contribution is 5.41. The summed E-state index contributed by atoms with van der Waals surface area (Å²) in [6, 6.07) is 11.9. The van der Waals surface area contributed by atoms with Crippen LogP contribution in [0, 0.1) is 13.8 Å². The van der Waals surface area contributed by atoms with E-state index in [1.807, 2.05) is 37.3 Å². The minimum Gasteiger partial charge on any atom is -0.439 e. The van der Waals surface area contributed by atoms with Crippen LogP contribution in [-0.2, 0) is 0 Å². The van der Waals surface area contributed by atoms with Gasteiger partial charge in [0.2, 0.25) is 5.88 Å². The van der Waals surface area contributed by atoms with Crippen LogP contribution in [0.4, 0.5) is 5.82 Å². The Morgan fingerprint density at radius 3 is 2.74 bits per heavy atom. The van der Waals surface area contributed by atoms with Gasteiger partial charge in [0.25, 0.3) is 0 Å². The molecule has 0 radical (unpaired) electrons. The Kier molecular flexibility index (Phi) is 4.39. The lowest BCUT2D eigenvalue weighted by molar-refractivity contribution is 0.460. The molecule has 2 rings (SSSR count). The van der Waals surface area contributed by atoms with Crippen LogP contribution in [-0.4, -0.2) is 11.5 Å².